The lowest BCUT2D eigenvalue weighted by atomic mass is 10.0. The van der Waals surface area contributed by atoms with Crippen molar-refractivity contribution >= 4 is 5.91 Å². The molecule has 1 saturated heterocycles. The minimum absolute atomic E-state index is 0.0985. The minimum Gasteiger partial charge on any atom is -0.384 e. The zero-order chi connectivity index (χ0) is 14.5. The van der Waals surface area contributed by atoms with E-state index in [1.165, 1.54) is 0 Å². The van der Waals surface area contributed by atoms with Crippen LogP contribution in [0.5, 0.6) is 0 Å². The third kappa shape index (κ3) is 3.02. The van der Waals surface area contributed by atoms with Gasteiger partial charge in [-0.25, -0.2) is 0 Å². The van der Waals surface area contributed by atoms with Crippen LogP contribution in [0, 0.1) is 18.8 Å². The second kappa shape index (κ2) is 6.58. The Balaban J connectivity index is 2.26. The van der Waals surface area contributed by atoms with Crippen LogP contribution < -0.4 is 0 Å². The third-order valence-electron chi connectivity index (χ3n) is 3.90. The quantitative estimate of drug-likeness (QED) is 0.839. The number of carbonyl (C=O) groups excluding carboxylic acids is 1. The molecule has 1 N–H and O–H groups in total. The molecular formula is C17H21NO2. The molecular weight excluding hydrogens is 250 g/mol. The van der Waals surface area contributed by atoms with E-state index in [1.807, 2.05) is 30.0 Å². The fraction of sp³-hybridized carbons (Fsp3) is 0.471. The minimum atomic E-state index is -0.165. The number of hydrogen-bond donors (Lipinski definition) is 1. The van der Waals surface area contributed by atoms with Crippen LogP contribution in [0.1, 0.15) is 47.7 Å². The number of aliphatic hydroxyl groups excluding tert-OH is 1. The summed E-state index contributed by atoms with van der Waals surface area (Å²) in [4.78, 5) is 14.6. The van der Waals surface area contributed by atoms with Crippen LogP contribution in [0.2, 0.25) is 0 Å². The van der Waals surface area contributed by atoms with Gasteiger partial charge in [-0.2, -0.15) is 0 Å². The Morgan fingerprint density at radius 1 is 1.50 bits per heavy atom. The predicted molar refractivity (Wildman–Crippen MR) is 79.5 cm³/mol. The Morgan fingerprint density at radius 2 is 2.30 bits per heavy atom. The van der Waals surface area contributed by atoms with Crippen molar-refractivity contribution in [2.75, 3.05) is 13.2 Å². The molecule has 0 saturated carbocycles. The molecule has 3 nitrogen and oxygen atoms in total. The maximum atomic E-state index is 12.6. The van der Waals surface area contributed by atoms with Gasteiger partial charge in [0.15, 0.2) is 0 Å². The number of benzene rings is 1. The van der Waals surface area contributed by atoms with E-state index < -0.39 is 0 Å². The number of rotatable bonds is 2. The molecule has 1 aromatic carbocycles. The number of amides is 1. The summed E-state index contributed by atoms with van der Waals surface area (Å²) >= 11 is 0. The summed E-state index contributed by atoms with van der Waals surface area (Å²) in [6.45, 7) is 4.77. The summed E-state index contributed by atoms with van der Waals surface area (Å²) in [5.41, 5.74) is 2.53. The summed E-state index contributed by atoms with van der Waals surface area (Å²) in [6, 6.07) is 6.00. The average Bonchev–Trinajstić information content (AvgIpc) is 2.94. The van der Waals surface area contributed by atoms with E-state index >= 15 is 0 Å². The Labute approximate surface area is 120 Å². The molecule has 1 atom stereocenters. The Morgan fingerprint density at radius 3 is 3.00 bits per heavy atom. The first-order valence-corrected chi connectivity index (χ1v) is 7.18. The van der Waals surface area contributed by atoms with Gasteiger partial charge < -0.3 is 10.0 Å². The lowest BCUT2D eigenvalue weighted by Gasteiger charge is -2.23. The van der Waals surface area contributed by atoms with E-state index in [2.05, 4.69) is 18.8 Å². The molecule has 1 aromatic rings. The van der Waals surface area contributed by atoms with Gasteiger partial charge in [-0.15, -0.1) is 0 Å². The first kappa shape index (κ1) is 14.6. The molecule has 0 aliphatic carbocycles. The maximum absolute atomic E-state index is 12.6. The van der Waals surface area contributed by atoms with Gasteiger partial charge in [0.2, 0.25) is 0 Å². The van der Waals surface area contributed by atoms with Crippen molar-refractivity contribution in [3.63, 3.8) is 0 Å². The second-order valence-corrected chi connectivity index (χ2v) is 5.19. The summed E-state index contributed by atoms with van der Waals surface area (Å²) in [5.74, 6) is 5.64. The van der Waals surface area contributed by atoms with E-state index in [4.69, 9.17) is 5.11 Å². The predicted octanol–water partition coefficient (Wildman–Crippen LogP) is 2.35. The van der Waals surface area contributed by atoms with E-state index in [9.17, 15) is 4.79 Å². The second-order valence-electron chi connectivity index (χ2n) is 5.19. The van der Waals surface area contributed by atoms with Gasteiger partial charge in [-0.05, 0) is 43.9 Å². The van der Waals surface area contributed by atoms with Gasteiger partial charge >= 0.3 is 0 Å². The Bertz CT molecular complexity index is 554. The molecule has 1 aliphatic rings. The van der Waals surface area contributed by atoms with Crippen molar-refractivity contribution in [1.29, 1.82) is 0 Å². The number of nitrogens with zero attached hydrogens (tertiary/aromatic N) is 1. The summed E-state index contributed by atoms with van der Waals surface area (Å²) in [7, 11) is 0. The zero-order valence-electron chi connectivity index (χ0n) is 12.1. The molecule has 0 bridgehead atoms. The topological polar surface area (TPSA) is 40.5 Å². The van der Waals surface area contributed by atoms with Gasteiger partial charge in [0.1, 0.15) is 6.61 Å². The molecule has 20 heavy (non-hydrogen) atoms. The first-order valence-electron chi connectivity index (χ1n) is 7.18. The summed E-state index contributed by atoms with van der Waals surface area (Å²) in [6.07, 6.45) is 3.20. The van der Waals surface area contributed by atoms with Crippen molar-refractivity contribution in [1.82, 2.24) is 4.90 Å². The highest BCUT2D eigenvalue weighted by Gasteiger charge is 2.28. The monoisotopic (exact) mass is 271 g/mol. The zero-order valence-corrected chi connectivity index (χ0v) is 12.1. The molecule has 3 heteroatoms. The standard InChI is InChI=1S/C17H21NO2/c1-3-16-7-4-10-18(16)17(20)15-9-8-13(2)14(12-15)6-5-11-19/h8-9,12,16,19H,3-4,7,10-11H2,1-2H3. The highest BCUT2D eigenvalue weighted by Crippen LogP contribution is 2.23. The molecule has 106 valence electrons. The van der Waals surface area contributed by atoms with Crippen LogP contribution >= 0.6 is 0 Å². The molecule has 1 aliphatic heterocycles. The number of hydrogen-bond acceptors (Lipinski definition) is 2. The molecule has 1 heterocycles. The molecule has 0 radical (unpaired) electrons. The SMILES string of the molecule is CCC1CCCN1C(=O)c1ccc(C)c(C#CCO)c1. The maximum Gasteiger partial charge on any atom is 0.254 e. The van der Waals surface area contributed by atoms with Gasteiger partial charge in [0, 0.05) is 23.7 Å². The molecule has 1 amide bonds. The number of likely N-dealkylation sites (tertiary alicyclic amines) is 1. The van der Waals surface area contributed by atoms with Crippen LogP contribution in [0.25, 0.3) is 0 Å². The van der Waals surface area contributed by atoms with Crippen molar-refractivity contribution < 1.29 is 9.90 Å². The smallest absolute Gasteiger partial charge is 0.254 e. The van der Waals surface area contributed by atoms with Crippen LogP contribution in [0.15, 0.2) is 18.2 Å². The lowest BCUT2D eigenvalue weighted by molar-refractivity contribution is 0.0733. The van der Waals surface area contributed by atoms with Gasteiger partial charge in [-0.1, -0.05) is 24.8 Å². The van der Waals surface area contributed by atoms with Crippen LogP contribution in [-0.4, -0.2) is 35.1 Å². The molecule has 0 spiro atoms. The average molecular weight is 271 g/mol. The van der Waals surface area contributed by atoms with Crippen LogP contribution in [0.3, 0.4) is 0 Å². The van der Waals surface area contributed by atoms with Crippen molar-refractivity contribution in [2.24, 2.45) is 0 Å². The Kier molecular flexibility index (Phi) is 4.81. The summed E-state index contributed by atoms with van der Waals surface area (Å²) in [5, 5.41) is 8.79. The fourth-order valence-electron chi connectivity index (χ4n) is 2.72. The van der Waals surface area contributed by atoms with Gasteiger partial charge in [0.05, 0.1) is 0 Å². The molecule has 2 rings (SSSR count). The molecule has 1 unspecified atom stereocenters. The highest BCUT2D eigenvalue weighted by molar-refractivity contribution is 5.95. The lowest BCUT2D eigenvalue weighted by Crippen LogP contribution is -2.35. The number of aliphatic hydroxyl groups is 1. The van der Waals surface area contributed by atoms with Crippen LogP contribution in [0.4, 0.5) is 0 Å². The van der Waals surface area contributed by atoms with Crippen molar-refractivity contribution in [3.05, 3.63) is 34.9 Å². The van der Waals surface area contributed by atoms with E-state index in [-0.39, 0.29) is 12.5 Å². The first-order chi connectivity index (χ1) is 9.67. The summed E-state index contributed by atoms with van der Waals surface area (Å²) < 4.78 is 0. The van der Waals surface area contributed by atoms with E-state index in [0.717, 1.165) is 36.9 Å². The normalized spacial score (nSPS) is 17.8. The van der Waals surface area contributed by atoms with Gasteiger partial charge in [-0.3, -0.25) is 4.79 Å². The highest BCUT2D eigenvalue weighted by atomic mass is 16.2. The fourth-order valence-corrected chi connectivity index (χ4v) is 2.72. The van der Waals surface area contributed by atoms with Crippen molar-refractivity contribution in [3.8, 4) is 11.8 Å². The van der Waals surface area contributed by atoms with Crippen LogP contribution in [-0.2, 0) is 0 Å². The number of aryl methyl sites for hydroxylation is 1. The van der Waals surface area contributed by atoms with E-state index in [1.54, 1.807) is 0 Å². The van der Waals surface area contributed by atoms with Gasteiger partial charge in [0.25, 0.3) is 5.91 Å². The van der Waals surface area contributed by atoms with Crippen molar-refractivity contribution in [2.45, 2.75) is 39.2 Å². The molecule has 0 aromatic heterocycles. The van der Waals surface area contributed by atoms with E-state index in [0.29, 0.717) is 11.6 Å². The molecule has 1 fully saturated rings. The largest absolute Gasteiger partial charge is 0.384 e. The third-order valence-corrected chi connectivity index (χ3v) is 3.90. The number of carbonyl (C=O) groups is 1. The Hall–Kier alpha value is -1.79.